The van der Waals surface area contributed by atoms with E-state index in [1.54, 1.807) is 20.2 Å². The number of nitrogens with zero attached hydrogens (tertiary/aromatic N) is 3. The summed E-state index contributed by atoms with van der Waals surface area (Å²) in [7, 11) is 3.45. The average Bonchev–Trinajstić information content (AvgIpc) is 2.58. The third-order valence-corrected chi connectivity index (χ3v) is 2.42. The van der Waals surface area contributed by atoms with Gasteiger partial charge in [-0.15, -0.1) is 0 Å². The minimum atomic E-state index is -0.0568. The Hall–Kier alpha value is -1.36. The van der Waals surface area contributed by atoms with E-state index in [1.807, 2.05) is 10.9 Å². The van der Waals surface area contributed by atoms with Crippen LogP contribution >= 0.6 is 0 Å². The molecule has 1 aliphatic rings. The van der Waals surface area contributed by atoms with Gasteiger partial charge in [-0.3, -0.25) is 9.48 Å². The van der Waals surface area contributed by atoms with Crippen LogP contribution < -0.4 is 0 Å². The maximum atomic E-state index is 11.6. The summed E-state index contributed by atoms with van der Waals surface area (Å²) >= 11 is 0. The first-order chi connectivity index (χ1) is 7.16. The molecule has 0 unspecified atom stereocenters. The topological polar surface area (TPSA) is 47.4 Å². The van der Waals surface area contributed by atoms with Crippen LogP contribution in [0.25, 0.3) is 0 Å². The van der Waals surface area contributed by atoms with Gasteiger partial charge in [0.05, 0.1) is 13.2 Å². The van der Waals surface area contributed by atoms with Gasteiger partial charge in [-0.25, -0.2) is 0 Å². The maximum Gasteiger partial charge on any atom is 0.273 e. The van der Waals surface area contributed by atoms with Crippen LogP contribution in [0.3, 0.4) is 0 Å². The molecule has 0 saturated carbocycles. The summed E-state index contributed by atoms with van der Waals surface area (Å²) in [6.45, 7) is 2.44. The molecule has 0 radical (unpaired) electrons. The minimum absolute atomic E-state index is 0.0568. The van der Waals surface area contributed by atoms with Crippen LogP contribution in [-0.2, 0) is 11.3 Å². The monoisotopic (exact) mass is 209 g/mol. The Kier molecular flexibility index (Phi) is 2.73. The van der Waals surface area contributed by atoms with E-state index in [4.69, 9.17) is 4.74 Å². The molecular formula is C10H15N3O2. The Bertz CT molecular complexity index is 355. The molecule has 0 aromatic carbocycles. The van der Waals surface area contributed by atoms with Crippen LogP contribution in [0.15, 0.2) is 12.3 Å². The fourth-order valence-electron chi connectivity index (χ4n) is 1.46. The van der Waals surface area contributed by atoms with Gasteiger partial charge in [0.15, 0.2) is 0 Å². The molecule has 15 heavy (non-hydrogen) atoms. The Morgan fingerprint density at radius 3 is 2.93 bits per heavy atom. The van der Waals surface area contributed by atoms with E-state index in [9.17, 15) is 4.79 Å². The summed E-state index contributed by atoms with van der Waals surface area (Å²) < 4.78 is 6.89. The van der Waals surface area contributed by atoms with Gasteiger partial charge in [0.1, 0.15) is 5.69 Å². The van der Waals surface area contributed by atoms with Gasteiger partial charge in [-0.05, 0) is 6.07 Å². The fourth-order valence-corrected chi connectivity index (χ4v) is 1.46. The Morgan fingerprint density at radius 1 is 1.67 bits per heavy atom. The van der Waals surface area contributed by atoms with Gasteiger partial charge in [0.2, 0.25) is 0 Å². The first kappa shape index (κ1) is 10.2. The van der Waals surface area contributed by atoms with Crippen molar-refractivity contribution in [3.8, 4) is 0 Å². The van der Waals surface area contributed by atoms with Gasteiger partial charge in [-0.2, -0.15) is 5.10 Å². The molecule has 5 nitrogen and oxygen atoms in total. The Labute approximate surface area is 88.6 Å². The summed E-state index contributed by atoms with van der Waals surface area (Å²) in [5.41, 5.74) is 0.500. The zero-order valence-corrected chi connectivity index (χ0v) is 9.01. The van der Waals surface area contributed by atoms with E-state index in [0.717, 1.165) is 19.8 Å². The van der Waals surface area contributed by atoms with Gasteiger partial charge < -0.3 is 9.64 Å². The summed E-state index contributed by atoms with van der Waals surface area (Å²) in [6, 6.07) is 1.75. The lowest BCUT2D eigenvalue weighted by atomic mass is 10.1. The Balaban J connectivity index is 1.99. The number of hydrogen-bond donors (Lipinski definition) is 0. The fraction of sp³-hybridized carbons (Fsp3) is 0.600. The van der Waals surface area contributed by atoms with Crippen molar-refractivity contribution in [3.63, 3.8) is 0 Å². The normalized spacial score (nSPS) is 16.1. The molecule has 0 bridgehead atoms. The van der Waals surface area contributed by atoms with Crippen molar-refractivity contribution in [3.05, 3.63) is 18.0 Å². The number of amides is 1. The highest BCUT2D eigenvalue weighted by atomic mass is 16.5. The molecule has 2 rings (SSSR count). The Morgan fingerprint density at radius 2 is 2.40 bits per heavy atom. The molecule has 0 atom stereocenters. The number of ether oxygens (including phenoxy) is 1. The third kappa shape index (κ3) is 2.18. The number of rotatable bonds is 3. The van der Waals surface area contributed by atoms with E-state index in [-0.39, 0.29) is 5.91 Å². The van der Waals surface area contributed by atoms with Crippen LogP contribution in [0.2, 0.25) is 0 Å². The molecule has 0 N–H and O–H groups in total. The van der Waals surface area contributed by atoms with Gasteiger partial charge in [-0.1, -0.05) is 0 Å². The summed E-state index contributed by atoms with van der Waals surface area (Å²) in [5.74, 6) is 0.491. The van der Waals surface area contributed by atoms with Crippen LogP contribution in [0, 0.1) is 5.92 Å². The second kappa shape index (κ2) is 4.02. The van der Waals surface area contributed by atoms with E-state index >= 15 is 0 Å². The van der Waals surface area contributed by atoms with Crippen LogP contribution in [-0.4, -0.2) is 47.9 Å². The summed E-state index contributed by atoms with van der Waals surface area (Å²) in [5, 5.41) is 4.22. The van der Waals surface area contributed by atoms with E-state index < -0.39 is 0 Å². The number of carbonyl (C=O) groups is 1. The molecule has 82 valence electrons. The number of aromatic nitrogens is 2. The zero-order chi connectivity index (χ0) is 10.8. The summed E-state index contributed by atoms with van der Waals surface area (Å²) in [4.78, 5) is 13.1. The smallest absolute Gasteiger partial charge is 0.273 e. The quantitative estimate of drug-likeness (QED) is 0.716. The zero-order valence-electron chi connectivity index (χ0n) is 9.01. The molecular weight excluding hydrogens is 194 g/mol. The predicted molar refractivity (Wildman–Crippen MR) is 54.6 cm³/mol. The van der Waals surface area contributed by atoms with Crippen molar-refractivity contribution < 1.29 is 9.53 Å². The maximum absolute atomic E-state index is 11.6. The number of carbonyl (C=O) groups excluding carboxylic acids is 1. The molecule has 5 heteroatoms. The average molecular weight is 209 g/mol. The highest BCUT2D eigenvalue weighted by Crippen LogP contribution is 2.12. The molecule has 1 aliphatic heterocycles. The minimum Gasteiger partial charge on any atom is -0.381 e. The standard InChI is InChI=1S/C10H15N3O2/c1-12(2)10(14)9-3-4-13(11-9)5-8-6-15-7-8/h3-4,8H,5-7H2,1-2H3. The van der Waals surface area contributed by atoms with Crippen molar-refractivity contribution in [2.45, 2.75) is 6.54 Å². The first-order valence-corrected chi connectivity index (χ1v) is 4.99. The third-order valence-electron chi connectivity index (χ3n) is 2.42. The molecule has 2 heterocycles. The second-order valence-corrected chi connectivity index (χ2v) is 4.03. The highest BCUT2D eigenvalue weighted by molar-refractivity contribution is 5.91. The molecule has 0 aliphatic carbocycles. The van der Waals surface area contributed by atoms with Crippen molar-refractivity contribution in [2.75, 3.05) is 27.3 Å². The van der Waals surface area contributed by atoms with Crippen molar-refractivity contribution in [2.24, 2.45) is 5.92 Å². The molecule has 1 aromatic heterocycles. The lowest BCUT2D eigenvalue weighted by molar-refractivity contribution is -0.0408. The van der Waals surface area contributed by atoms with Crippen LogP contribution in [0.1, 0.15) is 10.5 Å². The van der Waals surface area contributed by atoms with Crippen molar-refractivity contribution in [1.82, 2.24) is 14.7 Å². The van der Waals surface area contributed by atoms with Gasteiger partial charge >= 0.3 is 0 Å². The van der Waals surface area contributed by atoms with E-state index in [2.05, 4.69) is 5.10 Å². The van der Waals surface area contributed by atoms with Crippen LogP contribution in [0.4, 0.5) is 0 Å². The lowest BCUT2D eigenvalue weighted by Gasteiger charge is -2.25. The van der Waals surface area contributed by atoms with Crippen LogP contribution in [0.5, 0.6) is 0 Å². The highest BCUT2D eigenvalue weighted by Gasteiger charge is 2.20. The van der Waals surface area contributed by atoms with Gasteiger partial charge in [0.25, 0.3) is 5.91 Å². The molecule has 1 saturated heterocycles. The van der Waals surface area contributed by atoms with E-state index in [1.165, 1.54) is 4.90 Å². The summed E-state index contributed by atoms with van der Waals surface area (Å²) in [6.07, 6.45) is 1.84. The molecule has 1 fully saturated rings. The first-order valence-electron chi connectivity index (χ1n) is 4.99. The molecule has 1 aromatic rings. The predicted octanol–water partition coefficient (Wildman–Crippen LogP) is 0.231. The van der Waals surface area contributed by atoms with Crippen molar-refractivity contribution in [1.29, 1.82) is 0 Å². The molecule has 1 amide bonds. The second-order valence-electron chi connectivity index (χ2n) is 4.03. The van der Waals surface area contributed by atoms with Gasteiger partial charge in [0, 0.05) is 32.8 Å². The molecule has 0 spiro atoms. The number of hydrogen-bond acceptors (Lipinski definition) is 3. The van der Waals surface area contributed by atoms with Crippen molar-refractivity contribution >= 4 is 5.91 Å². The van der Waals surface area contributed by atoms with E-state index in [0.29, 0.717) is 11.6 Å². The largest absolute Gasteiger partial charge is 0.381 e. The lowest BCUT2D eigenvalue weighted by Crippen LogP contribution is -2.31. The SMILES string of the molecule is CN(C)C(=O)c1ccn(CC2COC2)n1.